The number of imidazole rings is 1. The number of fused-ring (bicyclic) bond motifs is 1. The van der Waals surface area contributed by atoms with Crippen molar-refractivity contribution in [3.05, 3.63) is 41.7 Å². The van der Waals surface area contributed by atoms with Crippen molar-refractivity contribution in [2.24, 2.45) is 5.73 Å². The summed E-state index contributed by atoms with van der Waals surface area (Å²) in [7, 11) is 0. The van der Waals surface area contributed by atoms with Gasteiger partial charge < -0.3 is 15.6 Å². The van der Waals surface area contributed by atoms with Crippen molar-refractivity contribution in [2.45, 2.75) is 32.4 Å². The summed E-state index contributed by atoms with van der Waals surface area (Å²) >= 11 is 0. The van der Waals surface area contributed by atoms with Crippen LogP contribution in [-0.4, -0.2) is 32.9 Å². The summed E-state index contributed by atoms with van der Waals surface area (Å²) in [4.78, 5) is 22.1. The molecule has 0 atom stereocenters. The summed E-state index contributed by atoms with van der Waals surface area (Å²) in [6.45, 7) is 4.71. The van der Waals surface area contributed by atoms with E-state index in [1.807, 2.05) is 30.3 Å². The Morgan fingerprint density at radius 2 is 1.91 bits per heavy atom. The molecule has 0 unspecified atom stereocenters. The van der Waals surface area contributed by atoms with Crippen molar-refractivity contribution in [1.29, 1.82) is 0 Å². The maximum Gasteiger partial charge on any atom is 0.242 e. The normalized spacial score (nSPS) is 13.6. The molecule has 0 bridgehead atoms. The van der Waals surface area contributed by atoms with E-state index in [0.29, 0.717) is 13.1 Å². The van der Waals surface area contributed by atoms with E-state index < -0.39 is 5.54 Å². The first-order chi connectivity index (χ1) is 9.95. The lowest BCUT2D eigenvalue weighted by Crippen LogP contribution is -2.52. The smallest absolute Gasteiger partial charge is 0.242 e. The third kappa shape index (κ3) is 4.05. The monoisotopic (exact) mass is 356 g/mol. The molecule has 1 aromatic heterocycles. The first-order valence-corrected chi connectivity index (χ1v) is 7.16. The van der Waals surface area contributed by atoms with Gasteiger partial charge in [-0.2, -0.15) is 0 Å². The largest absolute Gasteiger partial charge is 0.340 e. The van der Waals surface area contributed by atoms with Crippen molar-refractivity contribution < 1.29 is 4.79 Å². The molecule has 0 radical (unpaired) electrons. The summed E-state index contributed by atoms with van der Waals surface area (Å²) in [5.74, 6) is 0.839. The summed E-state index contributed by atoms with van der Waals surface area (Å²) < 4.78 is 0. The number of rotatable bonds is 2. The average molecular weight is 357 g/mol. The van der Waals surface area contributed by atoms with E-state index in [1.165, 1.54) is 0 Å². The Morgan fingerprint density at radius 1 is 1.26 bits per heavy atom. The second-order valence-corrected chi connectivity index (χ2v) is 6.08. The summed E-state index contributed by atoms with van der Waals surface area (Å²) in [5.41, 5.74) is 8.20. The highest BCUT2D eigenvalue weighted by molar-refractivity contribution is 5.86. The van der Waals surface area contributed by atoms with Gasteiger partial charge in [-0.15, -0.1) is 24.8 Å². The van der Waals surface area contributed by atoms with Gasteiger partial charge in [-0.05, 0) is 13.8 Å². The van der Waals surface area contributed by atoms with Crippen LogP contribution in [0.2, 0.25) is 0 Å². The van der Waals surface area contributed by atoms with Crippen LogP contribution < -0.4 is 5.73 Å². The van der Waals surface area contributed by atoms with Crippen LogP contribution in [0.25, 0.3) is 11.4 Å². The number of aromatic nitrogens is 2. The standard InChI is InChI=1S/C16H20N4O.2ClH/c1-16(2,17)15(21)20-9-8-12-13(10-20)19-14(18-12)11-6-4-3-5-7-11;;/h3-7H,8-10,17H2,1-2H3,(H,18,19);2*1H. The van der Waals surface area contributed by atoms with Crippen molar-refractivity contribution in [3.63, 3.8) is 0 Å². The summed E-state index contributed by atoms with van der Waals surface area (Å²) in [5, 5.41) is 0. The highest BCUT2D eigenvalue weighted by atomic mass is 35.5. The number of aromatic amines is 1. The Labute approximate surface area is 148 Å². The molecular weight excluding hydrogens is 335 g/mol. The number of nitrogens with one attached hydrogen (secondary N) is 1. The van der Waals surface area contributed by atoms with Crippen LogP contribution in [-0.2, 0) is 17.8 Å². The van der Waals surface area contributed by atoms with E-state index in [1.54, 1.807) is 18.7 Å². The van der Waals surface area contributed by atoms with Crippen LogP contribution in [0.5, 0.6) is 0 Å². The van der Waals surface area contributed by atoms with Crippen LogP contribution in [0.1, 0.15) is 25.2 Å². The lowest BCUT2D eigenvalue weighted by molar-refractivity contribution is -0.136. The fourth-order valence-corrected chi connectivity index (χ4v) is 2.61. The Morgan fingerprint density at radius 3 is 2.52 bits per heavy atom. The molecule has 1 aliphatic heterocycles. The van der Waals surface area contributed by atoms with Crippen LogP contribution in [0.4, 0.5) is 0 Å². The average Bonchev–Trinajstić information content (AvgIpc) is 2.89. The Bertz CT molecular complexity index is 664. The van der Waals surface area contributed by atoms with Gasteiger partial charge in [-0.25, -0.2) is 4.98 Å². The molecule has 2 heterocycles. The predicted octanol–water partition coefficient (Wildman–Crippen LogP) is 2.54. The van der Waals surface area contributed by atoms with Crippen LogP contribution in [0, 0.1) is 0 Å². The Hall–Kier alpha value is -1.56. The van der Waals surface area contributed by atoms with Gasteiger partial charge >= 0.3 is 0 Å². The number of benzene rings is 1. The third-order valence-electron chi connectivity index (χ3n) is 3.72. The second-order valence-electron chi connectivity index (χ2n) is 6.08. The molecule has 0 saturated heterocycles. The zero-order valence-electron chi connectivity index (χ0n) is 13.2. The van der Waals surface area contributed by atoms with Crippen LogP contribution in [0.15, 0.2) is 30.3 Å². The van der Waals surface area contributed by atoms with E-state index >= 15 is 0 Å². The molecule has 7 heteroatoms. The van der Waals surface area contributed by atoms with E-state index in [2.05, 4.69) is 9.97 Å². The minimum absolute atomic E-state index is 0. The molecule has 3 rings (SSSR count). The van der Waals surface area contributed by atoms with Crippen LogP contribution >= 0.6 is 24.8 Å². The minimum Gasteiger partial charge on any atom is -0.340 e. The van der Waals surface area contributed by atoms with Crippen LogP contribution in [0.3, 0.4) is 0 Å². The lowest BCUT2D eigenvalue weighted by Gasteiger charge is -2.31. The number of nitrogens with zero attached hydrogens (tertiary/aromatic N) is 2. The van der Waals surface area contributed by atoms with Gasteiger partial charge in [0.15, 0.2) is 0 Å². The van der Waals surface area contributed by atoms with E-state index in [9.17, 15) is 4.79 Å². The molecule has 0 fully saturated rings. The maximum absolute atomic E-state index is 12.3. The molecule has 5 nitrogen and oxygen atoms in total. The van der Waals surface area contributed by atoms with Gasteiger partial charge in [-0.1, -0.05) is 30.3 Å². The maximum atomic E-state index is 12.3. The molecule has 1 amide bonds. The second kappa shape index (κ2) is 7.34. The highest BCUT2D eigenvalue weighted by Crippen LogP contribution is 2.23. The number of carbonyl (C=O) groups is 1. The van der Waals surface area contributed by atoms with Crippen molar-refractivity contribution in [1.82, 2.24) is 14.9 Å². The molecule has 23 heavy (non-hydrogen) atoms. The number of halogens is 2. The van der Waals surface area contributed by atoms with Gasteiger partial charge in [-0.3, -0.25) is 4.79 Å². The van der Waals surface area contributed by atoms with Crippen molar-refractivity contribution in [3.8, 4) is 11.4 Å². The Kier molecular flexibility index (Phi) is 6.22. The number of amides is 1. The fraction of sp³-hybridized carbons (Fsp3) is 0.375. The first-order valence-electron chi connectivity index (χ1n) is 7.16. The van der Waals surface area contributed by atoms with Gasteiger partial charge in [0, 0.05) is 18.5 Å². The van der Waals surface area contributed by atoms with Gasteiger partial charge in [0.25, 0.3) is 0 Å². The quantitative estimate of drug-likeness (QED) is 0.867. The van der Waals surface area contributed by atoms with E-state index in [-0.39, 0.29) is 30.7 Å². The first kappa shape index (κ1) is 19.5. The summed E-state index contributed by atoms with van der Waals surface area (Å²) in [6.07, 6.45) is 0.764. The summed E-state index contributed by atoms with van der Waals surface area (Å²) in [6, 6.07) is 10.0. The number of nitrogens with two attached hydrogens (primary N) is 1. The molecule has 0 spiro atoms. The molecule has 1 aliphatic rings. The van der Waals surface area contributed by atoms with Gasteiger partial charge in [0.05, 0.1) is 23.5 Å². The van der Waals surface area contributed by atoms with E-state index in [0.717, 1.165) is 29.2 Å². The van der Waals surface area contributed by atoms with E-state index in [4.69, 9.17) is 5.73 Å². The molecule has 1 aromatic carbocycles. The minimum atomic E-state index is -0.834. The molecular formula is C16H22Cl2N4O. The number of hydrogen-bond donors (Lipinski definition) is 2. The molecule has 2 aromatic rings. The fourth-order valence-electron chi connectivity index (χ4n) is 2.61. The highest BCUT2D eigenvalue weighted by Gasteiger charge is 2.31. The van der Waals surface area contributed by atoms with Gasteiger partial charge in [0.2, 0.25) is 5.91 Å². The van der Waals surface area contributed by atoms with Crippen molar-refractivity contribution in [2.75, 3.05) is 6.54 Å². The molecule has 3 N–H and O–H groups in total. The predicted molar refractivity (Wildman–Crippen MR) is 95.9 cm³/mol. The van der Waals surface area contributed by atoms with Gasteiger partial charge in [0.1, 0.15) is 5.82 Å². The van der Waals surface area contributed by atoms with Crippen molar-refractivity contribution >= 4 is 30.7 Å². The lowest BCUT2D eigenvalue weighted by atomic mass is 10.0. The Balaban J connectivity index is 0.00000132. The molecule has 126 valence electrons. The topological polar surface area (TPSA) is 75.0 Å². The molecule has 0 aliphatic carbocycles. The SMILES string of the molecule is CC(C)(N)C(=O)N1CCc2nc(-c3ccccc3)[nH]c2C1.Cl.Cl. The third-order valence-corrected chi connectivity index (χ3v) is 3.72. The number of H-pyrrole nitrogens is 1. The zero-order valence-corrected chi connectivity index (χ0v) is 14.8. The zero-order chi connectivity index (χ0) is 15.0. The number of hydrogen-bond acceptors (Lipinski definition) is 3. The number of carbonyl (C=O) groups excluding carboxylic acids is 1. The molecule has 0 saturated carbocycles.